The average molecular weight is 427 g/mol. The Morgan fingerprint density at radius 2 is 2.00 bits per heavy atom. The largest absolute Gasteiger partial charge is 0.504 e. The summed E-state index contributed by atoms with van der Waals surface area (Å²) in [4.78, 5) is 2.24. The first kappa shape index (κ1) is 19.7. The van der Waals surface area contributed by atoms with E-state index in [9.17, 15) is 18.4 Å². The molecule has 0 amide bonds. The number of fused-ring (bicyclic) bond motifs is 2. The van der Waals surface area contributed by atoms with Crippen molar-refractivity contribution >= 4 is 16.6 Å². The van der Waals surface area contributed by atoms with Crippen LogP contribution in [0.25, 0.3) is 10.9 Å². The normalized spacial score (nSPS) is 23.9. The maximum Gasteiger partial charge on any atom is 0.504 e. The van der Waals surface area contributed by atoms with Gasteiger partial charge in [-0.3, -0.25) is 4.90 Å². The number of para-hydroxylation sites is 1. The molecule has 0 bridgehead atoms. The van der Waals surface area contributed by atoms with Crippen molar-refractivity contribution in [1.29, 1.82) is 5.26 Å². The van der Waals surface area contributed by atoms with E-state index in [0.29, 0.717) is 24.2 Å². The first-order valence-corrected chi connectivity index (χ1v) is 10.1. The Labute approximate surface area is 176 Å². The number of nitrogens with one attached hydrogen (secondary N) is 1. The molecule has 2 aromatic carbocycles. The molecule has 160 valence electrons. The van der Waals surface area contributed by atoms with Crippen LogP contribution in [0.15, 0.2) is 48.7 Å². The second-order valence-corrected chi connectivity index (χ2v) is 7.93. The van der Waals surface area contributed by atoms with Crippen LogP contribution in [0, 0.1) is 17.2 Å². The third kappa shape index (κ3) is 3.57. The zero-order chi connectivity index (χ0) is 21.6. The van der Waals surface area contributed by atoms with Gasteiger partial charge in [0, 0.05) is 35.9 Å². The molecule has 9 heteroatoms. The van der Waals surface area contributed by atoms with Crippen molar-refractivity contribution in [2.45, 2.75) is 24.8 Å². The van der Waals surface area contributed by atoms with E-state index in [1.807, 2.05) is 24.3 Å². The summed E-state index contributed by atoms with van der Waals surface area (Å²) in [7, 11) is 0. The monoisotopic (exact) mass is 427 g/mol. The van der Waals surface area contributed by atoms with Gasteiger partial charge in [-0.25, -0.2) is 0 Å². The Balaban J connectivity index is 1.53. The second kappa shape index (κ2) is 7.46. The van der Waals surface area contributed by atoms with Crippen LogP contribution in [-0.2, 0) is 6.30 Å². The molecular formula is C22H20F3N5O. The fourth-order valence-electron chi connectivity index (χ4n) is 4.50. The van der Waals surface area contributed by atoms with E-state index >= 15 is 0 Å². The van der Waals surface area contributed by atoms with E-state index < -0.39 is 6.30 Å². The standard InChI is InChI=1S/C22H20F3N5O/c23-22(24,25)30-12-16-17(5-3-6-18(16)28-30)27-21-15-4-1-2-7-20(15)31-13-19(21)29-9-8-14(10-26)11-29/h1-7,12,14,19,21,27H,8-9,11,13H2. The van der Waals surface area contributed by atoms with Gasteiger partial charge in [-0.05, 0) is 24.6 Å². The molecule has 3 aromatic rings. The second-order valence-electron chi connectivity index (χ2n) is 7.93. The Kier molecular flexibility index (Phi) is 4.74. The maximum absolute atomic E-state index is 13.2. The van der Waals surface area contributed by atoms with E-state index in [-0.39, 0.29) is 28.2 Å². The number of benzene rings is 2. The van der Waals surface area contributed by atoms with Gasteiger partial charge in [0.05, 0.1) is 29.6 Å². The number of alkyl halides is 3. The van der Waals surface area contributed by atoms with E-state index in [0.717, 1.165) is 30.5 Å². The van der Waals surface area contributed by atoms with Crippen molar-refractivity contribution in [3.8, 4) is 11.8 Å². The van der Waals surface area contributed by atoms with Crippen molar-refractivity contribution in [2.24, 2.45) is 5.92 Å². The molecule has 1 N–H and O–H groups in total. The van der Waals surface area contributed by atoms with Gasteiger partial charge in [0.1, 0.15) is 12.4 Å². The minimum atomic E-state index is -4.58. The minimum absolute atomic E-state index is 0.0220. The van der Waals surface area contributed by atoms with Crippen LogP contribution in [-0.4, -0.2) is 40.4 Å². The van der Waals surface area contributed by atoms with Gasteiger partial charge in [-0.2, -0.15) is 15.0 Å². The molecule has 3 heterocycles. The molecule has 0 saturated carbocycles. The quantitative estimate of drug-likeness (QED) is 0.676. The zero-order valence-electron chi connectivity index (χ0n) is 16.5. The van der Waals surface area contributed by atoms with Gasteiger partial charge in [0.25, 0.3) is 0 Å². The predicted octanol–water partition coefficient (Wildman–Crippen LogP) is 4.27. The Morgan fingerprint density at radius 1 is 1.16 bits per heavy atom. The first-order valence-electron chi connectivity index (χ1n) is 10.1. The van der Waals surface area contributed by atoms with E-state index in [2.05, 4.69) is 21.4 Å². The van der Waals surface area contributed by atoms with Gasteiger partial charge < -0.3 is 10.1 Å². The van der Waals surface area contributed by atoms with Crippen molar-refractivity contribution in [1.82, 2.24) is 14.7 Å². The van der Waals surface area contributed by atoms with Crippen LogP contribution in [0.1, 0.15) is 18.0 Å². The summed E-state index contributed by atoms with van der Waals surface area (Å²) in [6, 6.07) is 14.8. The number of anilines is 1. The lowest BCUT2D eigenvalue weighted by Crippen LogP contribution is -2.47. The molecule has 2 aliphatic heterocycles. The van der Waals surface area contributed by atoms with Gasteiger partial charge >= 0.3 is 6.30 Å². The molecule has 1 saturated heterocycles. The maximum atomic E-state index is 13.2. The number of hydrogen-bond donors (Lipinski definition) is 1. The molecule has 3 atom stereocenters. The Hall–Kier alpha value is -3.25. The molecular weight excluding hydrogens is 407 g/mol. The van der Waals surface area contributed by atoms with Crippen LogP contribution in [0.3, 0.4) is 0 Å². The molecule has 31 heavy (non-hydrogen) atoms. The van der Waals surface area contributed by atoms with E-state index in [4.69, 9.17) is 4.74 Å². The van der Waals surface area contributed by atoms with Crippen molar-refractivity contribution in [3.63, 3.8) is 0 Å². The van der Waals surface area contributed by atoms with Gasteiger partial charge in [-0.15, -0.1) is 13.2 Å². The number of likely N-dealkylation sites (tertiary alicyclic amines) is 1. The number of rotatable bonds is 3. The lowest BCUT2D eigenvalue weighted by Gasteiger charge is -2.39. The van der Waals surface area contributed by atoms with Crippen molar-refractivity contribution < 1.29 is 17.9 Å². The lowest BCUT2D eigenvalue weighted by molar-refractivity contribution is -0.211. The number of halogens is 3. The van der Waals surface area contributed by atoms with Crippen LogP contribution < -0.4 is 10.1 Å². The molecule has 0 radical (unpaired) electrons. The van der Waals surface area contributed by atoms with E-state index in [1.165, 1.54) is 0 Å². The van der Waals surface area contributed by atoms with E-state index in [1.54, 1.807) is 18.2 Å². The number of nitrogens with zero attached hydrogens (tertiary/aromatic N) is 4. The SMILES string of the molecule is N#CC1CCN(C2COc3ccccc3C2Nc2cccc3nn(C(F)(F)F)cc23)C1. The fourth-order valence-corrected chi connectivity index (χ4v) is 4.50. The molecule has 1 aromatic heterocycles. The van der Waals surface area contributed by atoms with Gasteiger partial charge in [0.15, 0.2) is 0 Å². The summed E-state index contributed by atoms with van der Waals surface area (Å²) in [5, 5.41) is 16.9. The third-order valence-corrected chi connectivity index (χ3v) is 6.04. The van der Waals surface area contributed by atoms with Crippen LogP contribution >= 0.6 is 0 Å². The van der Waals surface area contributed by atoms with Crippen LogP contribution in [0.4, 0.5) is 18.9 Å². The molecule has 0 spiro atoms. The highest BCUT2D eigenvalue weighted by Crippen LogP contribution is 2.39. The van der Waals surface area contributed by atoms with Crippen molar-refractivity contribution in [2.75, 3.05) is 25.0 Å². The molecule has 1 fully saturated rings. The molecule has 6 nitrogen and oxygen atoms in total. The topological polar surface area (TPSA) is 66.1 Å². The molecule has 0 aliphatic carbocycles. The number of ether oxygens (including phenoxy) is 1. The predicted molar refractivity (Wildman–Crippen MR) is 108 cm³/mol. The third-order valence-electron chi connectivity index (χ3n) is 6.04. The summed E-state index contributed by atoms with van der Waals surface area (Å²) in [5.41, 5.74) is 1.79. The highest BCUT2D eigenvalue weighted by Gasteiger charge is 2.39. The Bertz CT molecular complexity index is 1150. The summed E-state index contributed by atoms with van der Waals surface area (Å²) >= 11 is 0. The summed E-state index contributed by atoms with van der Waals surface area (Å²) < 4.78 is 45.6. The number of nitriles is 1. The molecule has 3 unspecified atom stereocenters. The highest BCUT2D eigenvalue weighted by molar-refractivity contribution is 5.91. The number of aromatic nitrogens is 2. The van der Waals surface area contributed by atoms with Crippen LogP contribution in [0.2, 0.25) is 0 Å². The first-order chi connectivity index (χ1) is 14.9. The van der Waals surface area contributed by atoms with Gasteiger partial charge in [-0.1, -0.05) is 24.3 Å². The summed E-state index contributed by atoms with van der Waals surface area (Å²) in [6.07, 6.45) is -2.76. The zero-order valence-corrected chi connectivity index (χ0v) is 16.5. The minimum Gasteiger partial charge on any atom is -0.491 e. The summed E-state index contributed by atoms with van der Waals surface area (Å²) in [5.74, 6) is 0.733. The lowest BCUT2D eigenvalue weighted by atomic mass is 9.94. The highest BCUT2D eigenvalue weighted by atomic mass is 19.4. The number of hydrogen-bond acceptors (Lipinski definition) is 5. The van der Waals surface area contributed by atoms with Crippen LogP contribution in [0.5, 0.6) is 5.75 Å². The fraction of sp³-hybridized carbons (Fsp3) is 0.364. The average Bonchev–Trinajstić information content (AvgIpc) is 3.41. The molecule has 5 rings (SSSR count). The van der Waals surface area contributed by atoms with Crippen molar-refractivity contribution in [3.05, 3.63) is 54.2 Å². The van der Waals surface area contributed by atoms with Gasteiger partial charge in [0.2, 0.25) is 0 Å². The smallest absolute Gasteiger partial charge is 0.491 e. The summed E-state index contributed by atoms with van der Waals surface area (Å²) in [6.45, 7) is 1.87. The Morgan fingerprint density at radius 3 is 2.77 bits per heavy atom. The molecule has 2 aliphatic rings.